The number of aliphatic imine (C=N–C) groups is 2. The van der Waals surface area contributed by atoms with Gasteiger partial charge < -0.3 is 11.5 Å². The maximum absolute atomic E-state index is 5.87. The van der Waals surface area contributed by atoms with E-state index in [9.17, 15) is 0 Å². The molecule has 0 saturated carbocycles. The Kier molecular flexibility index (Phi) is 1.37. The van der Waals surface area contributed by atoms with Gasteiger partial charge >= 0.3 is 0 Å². The number of hydrogen-bond donors (Lipinski definition) is 2. The Morgan fingerprint density at radius 2 is 1.36 bits per heavy atom. The van der Waals surface area contributed by atoms with E-state index in [0.29, 0.717) is 11.7 Å². The lowest BCUT2D eigenvalue weighted by Gasteiger charge is -2.31. The van der Waals surface area contributed by atoms with E-state index in [1.54, 1.807) is 0 Å². The molecule has 5 heterocycles. The summed E-state index contributed by atoms with van der Waals surface area (Å²) < 4.78 is 0. The van der Waals surface area contributed by atoms with E-state index < -0.39 is 0 Å². The number of dihydropyridines is 2. The maximum Gasteiger partial charge on any atom is 0.124 e. The fourth-order valence-electron chi connectivity index (χ4n) is 2.28. The molecule has 4 heteroatoms. The lowest BCUT2D eigenvalue weighted by atomic mass is 9.87. The second kappa shape index (κ2) is 2.47. The minimum absolute atomic E-state index is 0.101. The first-order valence-corrected chi connectivity index (χ1v) is 4.83. The Balaban J connectivity index is 2.19. The van der Waals surface area contributed by atoms with Crippen LogP contribution in [0.25, 0.3) is 0 Å². The zero-order valence-corrected chi connectivity index (χ0v) is 7.77. The zero-order valence-electron chi connectivity index (χ0n) is 7.77. The molecule has 2 atom stereocenters. The summed E-state index contributed by atoms with van der Waals surface area (Å²) in [5.74, 6) is 1.29. The summed E-state index contributed by atoms with van der Waals surface area (Å²) in [6.45, 7) is 0. The molecule has 5 aliphatic heterocycles. The van der Waals surface area contributed by atoms with Crippen LogP contribution in [-0.4, -0.2) is 23.8 Å². The Morgan fingerprint density at radius 1 is 0.929 bits per heavy atom. The lowest BCUT2D eigenvalue weighted by Crippen LogP contribution is -2.39. The highest BCUT2D eigenvalue weighted by Crippen LogP contribution is 2.30. The number of hydrogen-bond acceptors (Lipinski definition) is 4. The summed E-state index contributed by atoms with van der Waals surface area (Å²) in [5.41, 5.74) is 13.8. The molecule has 1 aliphatic carbocycles. The zero-order chi connectivity index (χ0) is 9.71. The molecule has 4 bridgehead atoms. The van der Waals surface area contributed by atoms with Crippen molar-refractivity contribution < 1.29 is 0 Å². The smallest absolute Gasteiger partial charge is 0.124 e. The van der Waals surface area contributed by atoms with Crippen molar-refractivity contribution in [3.63, 3.8) is 0 Å². The molecule has 14 heavy (non-hydrogen) atoms. The molecule has 2 unspecified atom stereocenters. The monoisotopic (exact) mass is 188 g/mol. The van der Waals surface area contributed by atoms with Gasteiger partial charge in [0.1, 0.15) is 11.7 Å². The molecule has 0 spiro atoms. The highest BCUT2D eigenvalue weighted by Gasteiger charge is 2.31. The van der Waals surface area contributed by atoms with Crippen molar-refractivity contribution in [2.24, 2.45) is 21.5 Å². The molecule has 0 amide bonds. The third kappa shape index (κ3) is 0.880. The first-order chi connectivity index (χ1) is 6.75. The molecule has 0 aromatic rings. The van der Waals surface area contributed by atoms with E-state index in [0.717, 1.165) is 24.0 Å². The van der Waals surface area contributed by atoms with E-state index in [-0.39, 0.29) is 12.1 Å². The van der Waals surface area contributed by atoms with Crippen LogP contribution < -0.4 is 11.5 Å². The van der Waals surface area contributed by atoms with Gasteiger partial charge in [0.15, 0.2) is 0 Å². The highest BCUT2D eigenvalue weighted by molar-refractivity contribution is 6.05. The predicted molar refractivity (Wildman–Crippen MR) is 56.2 cm³/mol. The van der Waals surface area contributed by atoms with Crippen molar-refractivity contribution in [1.29, 1.82) is 0 Å². The highest BCUT2D eigenvalue weighted by atomic mass is 15.0. The molecule has 4 N–H and O–H groups in total. The second-order valence-corrected chi connectivity index (χ2v) is 3.85. The standard InChI is InChI=1S/C10H12N4/c11-9-5-1-3-7(13-9)6-2-4-8(5)14-10(6)12/h1-2,7-8H,3-4H2,(H2,11,13)(H2,12,14). The van der Waals surface area contributed by atoms with Crippen LogP contribution in [0, 0.1) is 0 Å². The molecule has 0 aromatic carbocycles. The van der Waals surface area contributed by atoms with Gasteiger partial charge in [0.25, 0.3) is 0 Å². The van der Waals surface area contributed by atoms with E-state index >= 15 is 0 Å². The Bertz CT molecular complexity index is 374. The molecule has 0 aromatic heterocycles. The minimum Gasteiger partial charge on any atom is -0.384 e. The third-order valence-electron chi connectivity index (χ3n) is 3.02. The molecule has 0 radical (unpaired) electrons. The van der Waals surface area contributed by atoms with Gasteiger partial charge in [-0.25, -0.2) is 0 Å². The maximum atomic E-state index is 5.87. The molecular weight excluding hydrogens is 176 g/mol. The molecule has 0 saturated heterocycles. The SMILES string of the molecule is NC1=NC2CC=C1C1CC=C2C(N)=N1. The van der Waals surface area contributed by atoms with Crippen LogP contribution in [0.4, 0.5) is 0 Å². The van der Waals surface area contributed by atoms with Crippen LogP contribution in [0.2, 0.25) is 0 Å². The first-order valence-electron chi connectivity index (χ1n) is 4.83. The van der Waals surface area contributed by atoms with E-state index in [1.165, 1.54) is 0 Å². The molecule has 6 aliphatic rings. The molecule has 72 valence electrons. The lowest BCUT2D eigenvalue weighted by molar-refractivity contribution is 0.695. The van der Waals surface area contributed by atoms with Gasteiger partial charge in [-0.3, -0.25) is 9.98 Å². The molecule has 6 rings (SSSR count). The quantitative estimate of drug-likeness (QED) is 0.566. The molecule has 4 nitrogen and oxygen atoms in total. The van der Waals surface area contributed by atoms with Gasteiger partial charge in [0.05, 0.1) is 12.1 Å². The normalized spacial score (nSPS) is 34.0. The van der Waals surface area contributed by atoms with E-state index in [2.05, 4.69) is 22.1 Å². The summed E-state index contributed by atoms with van der Waals surface area (Å²) in [7, 11) is 0. The number of amidine groups is 2. The van der Waals surface area contributed by atoms with Gasteiger partial charge in [0, 0.05) is 11.1 Å². The molecule has 0 fully saturated rings. The van der Waals surface area contributed by atoms with Crippen LogP contribution in [0.3, 0.4) is 0 Å². The first kappa shape index (κ1) is 7.79. The molecular formula is C10H12N4. The summed E-state index contributed by atoms with van der Waals surface area (Å²) in [6, 6.07) is 0.201. The largest absolute Gasteiger partial charge is 0.384 e. The fraction of sp³-hybridized carbons (Fsp3) is 0.400. The van der Waals surface area contributed by atoms with Crippen LogP contribution in [0.15, 0.2) is 33.3 Å². The summed E-state index contributed by atoms with van der Waals surface area (Å²) in [4.78, 5) is 8.87. The second-order valence-electron chi connectivity index (χ2n) is 3.85. The van der Waals surface area contributed by atoms with Gasteiger partial charge in [-0.1, -0.05) is 12.2 Å². The van der Waals surface area contributed by atoms with E-state index in [1.807, 2.05) is 0 Å². The average Bonchev–Trinajstić information content (AvgIpc) is 2.13. The summed E-state index contributed by atoms with van der Waals surface area (Å²) in [6.07, 6.45) is 6.13. The van der Waals surface area contributed by atoms with Gasteiger partial charge in [0.2, 0.25) is 0 Å². The van der Waals surface area contributed by atoms with Gasteiger partial charge in [-0.15, -0.1) is 0 Å². The van der Waals surface area contributed by atoms with Crippen molar-refractivity contribution in [1.82, 2.24) is 0 Å². The number of nitrogens with two attached hydrogens (primary N) is 2. The van der Waals surface area contributed by atoms with Crippen LogP contribution in [-0.2, 0) is 0 Å². The van der Waals surface area contributed by atoms with E-state index in [4.69, 9.17) is 11.5 Å². The number of nitrogens with zero attached hydrogens (tertiary/aromatic N) is 2. The Hall–Kier alpha value is -1.58. The van der Waals surface area contributed by atoms with Crippen LogP contribution in [0.1, 0.15) is 12.8 Å². The van der Waals surface area contributed by atoms with Crippen molar-refractivity contribution in [2.45, 2.75) is 24.9 Å². The fourth-order valence-corrected chi connectivity index (χ4v) is 2.28. The van der Waals surface area contributed by atoms with Crippen LogP contribution in [0.5, 0.6) is 0 Å². The van der Waals surface area contributed by atoms with Crippen molar-refractivity contribution in [2.75, 3.05) is 0 Å². The van der Waals surface area contributed by atoms with Gasteiger partial charge in [-0.05, 0) is 12.8 Å². The minimum atomic E-state index is 0.101. The van der Waals surface area contributed by atoms with Crippen molar-refractivity contribution in [3.05, 3.63) is 23.3 Å². The van der Waals surface area contributed by atoms with Crippen molar-refractivity contribution in [3.8, 4) is 0 Å². The van der Waals surface area contributed by atoms with Gasteiger partial charge in [-0.2, -0.15) is 0 Å². The topological polar surface area (TPSA) is 76.8 Å². The summed E-state index contributed by atoms with van der Waals surface area (Å²) in [5, 5.41) is 0. The number of rotatable bonds is 0. The Labute approximate surface area is 82.1 Å². The average molecular weight is 188 g/mol. The summed E-state index contributed by atoms with van der Waals surface area (Å²) >= 11 is 0. The predicted octanol–water partition coefficient (Wildman–Crippen LogP) is 0.112. The third-order valence-corrected chi connectivity index (χ3v) is 3.02. The van der Waals surface area contributed by atoms with Crippen LogP contribution >= 0.6 is 0 Å². The Morgan fingerprint density at radius 3 is 1.71 bits per heavy atom. The van der Waals surface area contributed by atoms with Crippen molar-refractivity contribution >= 4 is 11.7 Å².